The first-order valence-electron chi connectivity index (χ1n) is 7.08. The molecule has 22 heavy (non-hydrogen) atoms. The number of piperidine rings is 1. The minimum atomic E-state index is -3.94. The van der Waals surface area contributed by atoms with Crippen LogP contribution in [-0.2, 0) is 20.0 Å². The van der Waals surface area contributed by atoms with Crippen LogP contribution in [0.2, 0.25) is 0 Å². The summed E-state index contributed by atoms with van der Waals surface area (Å²) in [6, 6.07) is 5.16. The van der Waals surface area contributed by atoms with E-state index in [1.54, 1.807) is 0 Å². The molecule has 4 N–H and O–H groups in total. The monoisotopic (exact) mass is 347 g/mol. The zero-order chi connectivity index (χ0) is 16.4. The number of nitrogens with zero attached hydrogens (tertiary/aromatic N) is 1. The van der Waals surface area contributed by atoms with Crippen molar-refractivity contribution in [1.29, 1.82) is 0 Å². The molecule has 7 nitrogen and oxygen atoms in total. The van der Waals surface area contributed by atoms with E-state index in [0.717, 1.165) is 25.3 Å². The van der Waals surface area contributed by atoms with Crippen molar-refractivity contribution in [2.45, 2.75) is 29.1 Å². The fraction of sp³-hybridized carbons (Fsp3) is 0.538. The molecule has 0 bridgehead atoms. The Morgan fingerprint density at radius 2 is 1.86 bits per heavy atom. The van der Waals surface area contributed by atoms with Crippen LogP contribution in [0.1, 0.15) is 19.3 Å². The van der Waals surface area contributed by atoms with Crippen molar-refractivity contribution in [3.8, 4) is 0 Å². The van der Waals surface area contributed by atoms with E-state index in [4.69, 9.17) is 10.9 Å². The lowest BCUT2D eigenvalue weighted by Crippen LogP contribution is -2.40. The standard InChI is InChI=1S/C13H21N3O4S2/c14-7-6-11-3-2-8-16(10-11)22(19,20)13-5-1-4-12(9-13)21(15,17)18/h1,4-5,9,11H,2-3,6-8,10,14H2,(H2,15,17,18). The minimum absolute atomic E-state index is 0.0487. The summed E-state index contributed by atoms with van der Waals surface area (Å²) >= 11 is 0. The Morgan fingerprint density at radius 1 is 1.18 bits per heavy atom. The van der Waals surface area contributed by atoms with E-state index in [1.165, 1.54) is 22.5 Å². The van der Waals surface area contributed by atoms with Crippen molar-refractivity contribution >= 4 is 20.0 Å². The summed E-state index contributed by atoms with van der Waals surface area (Å²) in [5.74, 6) is 0.245. The number of primary sulfonamides is 1. The summed E-state index contributed by atoms with van der Waals surface area (Å²) in [5.41, 5.74) is 5.54. The number of nitrogens with two attached hydrogens (primary N) is 2. The van der Waals surface area contributed by atoms with Gasteiger partial charge in [-0.1, -0.05) is 6.07 Å². The van der Waals surface area contributed by atoms with Crippen LogP contribution in [-0.4, -0.2) is 40.8 Å². The number of rotatable bonds is 5. The maximum Gasteiger partial charge on any atom is 0.243 e. The molecule has 0 spiro atoms. The number of hydrogen-bond acceptors (Lipinski definition) is 5. The Bertz CT molecular complexity index is 729. The largest absolute Gasteiger partial charge is 0.330 e. The zero-order valence-electron chi connectivity index (χ0n) is 12.2. The smallest absolute Gasteiger partial charge is 0.243 e. The Hall–Kier alpha value is -1.00. The van der Waals surface area contributed by atoms with Gasteiger partial charge in [0.05, 0.1) is 9.79 Å². The molecule has 0 aliphatic carbocycles. The topological polar surface area (TPSA) is 124 Å². The van der Waals surface area contributed by atoms with E-state index in [9.17, 15) is 16.8 Å². The van der Waals surface area contributed by atoms with Gasteiger partial charge in [0.15, 0.2) is 0 Å². The highest BCUT2D eigenvalue weighted by atomic mass is 32.2. The lowest BCUT2D eigenvalue weighted by Gasteiger charge is -2.31. The third-order valence-corrected chi connectivity index (χ3v) is 6.60. The predicted octanol–water partition coefficient (Wildman–Crippen LogP) is 0.0835. The second-order valence-corrected chi connectivity index (χ2v) is 8.97. The van der Waals surface area contributed by atoms with E-state index < -0.39 is 20.0 Å². The van der Waals surface area contributed by atoms with Gasteiger partial charge in [0.2, 0.25) is 20.0 Å². The highest BCUT2D eigenvalue weighted by molar-refractivity contribution is 7.90. The fourth-order valence-electron chi connectivity index (χ4n) is 2.68. The lowest BCUT2D eigenvalue weighted by atomic mass is 9.96. The van der Waals surface area contributed by atoms with E-state index in [1.807, 2.05) is 0 Å². The second kappa shape index (κ2) is 6.63. The molecule has 1 aliphatic rings. The van der Waals surface area contributed by atoms with Crippen molar-refractivity contribution in [3.63, 3.8) is 0 Å². The highest BCUT2D eigenvalue weighted by Crippen LogP contribution is 2.26. The third kappa shape index (κ3) is 3.85. The van der Waals surface area contributed by atoms with E-state index in [0.29, 0.717) is 19.6 Å². The molecule has 1 atom stereocenters. The van der Waals surface area contributed by atoms with Crippen molar-refractivity contribution < 1.29 is 16.8 Å². The fourth-order valence-corrected chi connectivity index (χ4v) is 4.91. The summed E-state index contributed by atoms with van der Waals surface area (Å²) in [4.78, 5) is -0.253. The molecule has 1 fully saturated rings. The Kier molecular flexibility index (Phi) is 5.23. The summed E-state index contributed by atoms with van der Waals surface area (Å²) in [7, 11) is -7.66. The average Bonchev–Trinajstić information content (AvgIpc) is 2.47. The van der Waals surface area contributed by atoms with Crippen LogP contribution in [0.3, 0.4) is 0 Å². The normalized spacial score (nSPS) is 20.9. The Labute approximate surface area is 131 Å². The van der Waals surface area contributed by atoms with Gasteiger partial charge in [-0.25, -0.2) is 22.0 Å². The molecule has 0 radical (unpaired) electrons. The molecule has 0 amide bonds. The number of hydrogen-bond donors (Lipinski definition) is 2. The quantitative estimate of drug-likeness (QED) is 0.781. The lowest BCUT2D eigenvalue weighted by molar-refractivity contribution is 0.258. The molecule has 2 rings (SSSR count). The van der Waals surface area contributed by atoms with Crippen LogP contribution >= 0.6 is 0 Å². The summed E-state index contributed by atoms with van der Waals surface area (Å²) < 4.78 is 49.5. The van der Waals surface area contributed by atoms with Gasteiger partial charge >= 0.3 is 0 Å². The second-order valence-electron chi connectivity index (χ2n) is 5.47. The van der Waals surface area contributed by atoms with Gasteiger partial charge in [-0.2, -0.15) is 4.31 Å². The van der Waals surface area contributed by atoms with Gasteiger partial charge in [0, 0.05) is 13.1 Å². The Morgan fingerprint density at radius 3 is 2.50 bits per heavy atom. The van der Waals surface area contributed by atoms with Crippen LogP contribution in [0.15, 0.2) is 34.1 Å². The van der Waals surface area contributed by atoms with Crippen molar-refractivity contribution in [2.24, 2.45) is 16.8 Å². The average molecular weight is 347 g/mol. The van der Waals surface area contributed by atoms with E-state index in [2.05, 4.69) is 0 Å². The highest BCUT2D eigenvalue weighted by Gasteiger charge is 2.30. The molecule has 1 heterocycles. The van der Waals surface area contributed by atoms with Crippen LogP contribution in [0.25, 0.3) is 0 Å². The molecule has 1 aromatic carbocycles. The van der Waals surface area contributed by atoms with Gasteiger partial charge in [-0.15, -0.1) is 0 Å². The molecule has 1 saturated heterocycles. The van der Waals surface area contributed by atoms with E-state index in [-0.39, 0.29) is 15.7 Å². The van der Waals surface area contributed by atoms with Crippen molar-refractivity contribution in [2.75, 3.05) is 19.6 Å². The van der Waals surface area contributed by atoms with Crippen LogP contribution in [0.5, 0.6) is 0 Å². The van der Waals surface area contributed by atoms with Gasteiger partial charge in [0.25, 0.3) is 0 Å². The molecule has 0 saturated carbocycles. The summed E-state index contributed by atoms with van der Waals surface area (Å²) in [6.45, 7) is 1.38. The Balaban J connectivity index is 2.30. The third-order valence-electron chi connectivity index (χ3n) is 3.83. The number of benzene rings is 1. The molecule has 0 aromatic heterocycles. The van der Waals surface area contributed by atoms with Crippen molar-refractivity contribution in [3.05, 3.63) is 24.3 Å². The summed E-state index contributed by atoms with van der Waals surface area (Å²) in [5, 5.41) is 5.06. The van der Waals surface area contributed by atoms with Gasteiger partial charge in [0.1, 0.15) is 0 Å². The van der Waals surface area contributed by atoms with Crippen molar-refractivity contribution in [1.82, 2.24) is 4.31 Å². The first-order valence-corrected chi connectivity index (χ1v) is 10.1. The zero-order valence-corrected chi connectivity index (χ0v) is 13.8. The molecule has 1 aromatic rings. The summed E-state index contributed by atoms with van der Waals surface area (Å²) in [6.07, 6.45) is 2.52. The van der Waals surface area contributed by atoms with E-state index >= 15 is 0 Å². The van der Waals surface area contributed by atoms with Crippen LogP contribution in [0.4, 0.5) is 0 Å². The first-order chi connectivity index (χ1) is 10.2. The van der Waals surface area contributed by atoms with Crippen LogP contribution in [0, 0.1) is 5.92 Å². The maximum absolute atomic E-state index is 12.7. The predicted molar refractivity (Wildman–Crippen MR) is 83.0 cm³/mol. The SMILES string of the molecule is NCCC1CCCN(S(=O)(=O)c2cccc(S(N)(=O)=O)c2)C1. The van der Waals surface area contributed by atoms with Gasteiger partial charge < -0.3 is 5.73 Å². The molecule has 9 heteroatoms. The molecule has 1 aliphatic heterocycles. The first kappa shape index (κ1) is 17.4. The maximum atomic E-state index is 12.7. The van der Waals surface area contributed by atoms with Crippen LogP contribution < -0.4 is 10.9 Å². The molecular formula is C13H21N3O4S2. The molecular weight excluding hydrogens is 326 g/mol. The minimum Gasteiger partial charge on any atom is -0.330 e. The van der Waals surface area contributed by atoms with Gasteiger partial charge in [-0.3, -0.25) is 0 Å². The molecule has 1 unspecified atom stereocenters. The van der Waals surface area contributed by atoms with Gasteiger partial charge in [-0.05, 0) is 49.9 Å². The molecule has 124 valence electrons. The number of sulfonamides is 2.